The number of rotatable bonds is 3. The van der Waals surface area contributed by atoms with Crippen LogP contribution in [0.3, 0.4) is 0 Å². The van der Waals surface area contributed by atoms with Crippen LogP contribution in [-0.4, -0.2) is 21.6 Å². The summed E-state index contributed by atoms with van der Waals surface area (Å²) in [5.74, 6) is -0.879. The van der Waals surface area contributed by atoms with Gasteiger partial charge in [0, 0.05) is 18.6 Å². The number of sulfonamides is 1. The Bertz CT molecular complexity index is 839. The molecule has 1 heterocycles. The highest BCUT2D eigenvalue weighted by Gasteiger charge is 2.20. The minimum absolute atomic E-state index is 0.134. The van der Waals surface area contributed by atoms with Crippen molar-refractivity contribution in [3.8, 4) is 11.5 Å². The third kappa shape index (κ3) is 3.37. The van der Waals surface area contributed by atoms with E-state index in [1.807, 2.05) is 4.72 Å². The van der Waals surface area contributed by atoms with Gasteiger partial charge >= 0.3 is 0 Å². The van der Waals surface area contributed by atoms with Crippen molar-refractivity contribution in [1.29, 1.82) is 0 Å². The molecule has 3 rings (SSSR count). The molecule has 0 spiro atoms. The average Bonchev–Trinajstić information content (AvgIpc) is 2.75. The fraction of sp³-hybridized carbons (Fsp3) is 0.200. The van der Waals surface area contributed by atoms with Crippen LogP contribution in [0.25, 0.3) is 0 Å². The second kappa shape index (κ2) is 6.04. The van der Waals surface area contributed by atoms with E-state index in [2.05, 4.69) is 0 Å². The Morgan fingerprint density at radius 3 is 2.48 bits per heavy atom. The predicted octanol–water partition coefficient (Wildman–Crippen LogP) is 2.93. The SMILES string of the molecule is O=S(=O)(Nc1cc(F)ccc1F)c1ccc2c(c1)OCCCO2. The third-order valence-electron chi connectivity index (χ3n) is 3.20. The molecule has 0 unspecified atom stereocenters. The Hall–Kier alpha value is -2.35. The molecule has 122 valence electrons. The number of nitrogens with one attached hydrogen (secondary N) is 1. The fourth-order valence-corrected chi connectivity index (χ4v) is 3.16. The standard InChI is InChI=1S/C15H13F2NO4S/c16-10-2-4-12(17)13(8-10)18-23(19,20)11-3-5-14-15(9-11)22-7-1-6-21-14/h2-5,8-9,18H,1,6-7H2. The van der Waals surface area contributed by atoms with Crippen LogP contribution in [0, 0.1) is 11.6 Å². The van der Waals surface area contributed by atoms with E-state index in [4.69, 9.17) is 9.47 Å². The fourth-order valence-electron chi connectivity index (χ4n) is 2.09. The van der Waals surface area contributed by atoms with Crippen molar-refractivity contribution < 1.29 is 26.7 Å². The molecule has 1 aliphatic heterocycles. The van der Waals surface area contributed by atoms with Gasteiger partial charge in [-0.1, -0.05) is 0 Å². The van der Waals surface area contributed by atoms with Crippen molar-refractivity contribution in [3.05, 3.63) is 48.0 Å². The normalized spacial score (nSPS) is 14.2. The Morgan fingerprint density at radius 2 is 1.70 bits per heavy atom. The molecule has 0 aromatic heterocycles. The zero-order valence-corrected chi connectivity index (χ0v) is 12.7. The van der Waals surface area contributed by atoms with Crippen LogP contribution in [0.2, 0.25) is 0 Å². The second-order valence-corrected chi connectivity index (χ2v) is 6.57. The summed E-state index contributed by atoms with van der Waals surface area (Å²) >= 11 is 0. The lowest BCUT2D eigenvalue weighted by atomic mass is 10.3. The van der Waals surface area contributed by atoms with Gasteiger partial charge in [-0.25, -0.2) is 17.2 Å². The van der Waals surface area contributed by atoms with Crippen molar-refractivity contribution in [2.75, 3.05) is 17.9 Å². The second-order valence-electron chi connectivity index (χ2n) is 4.89. The van der Waals surface area contributed by atoms with Gasteiger partial charge in [-0.05, 0) is 24.3 Å². The summed E-state index contributed by atoms with van der Waals surface area (Å²) in [5, 5.41) is 0. The summed E-state index contributed by atoms with van der Waals surface area (Å²) in [6, 6.07) is 6.60. The molecule has 23 heavy (non-hydrogen) atoms. The van der Waals surface area contributed by atoms with Crippen LogP contribution in [-0.2, 0) is 10.0 Å². The molecule has 0 atom stereocenters. The summed E-state index contributed by atoms with van der Waals surface area (Å²) < 4.78 is 64.3. The molecule has 2 aromatic carbocycles. The van der Waals surface area contributed by atoms with E-state index < -0.39 is 27.3 Å². The maximum absolute atomic E-state index is 13.6. The molecule has 1 N–H and O–H groups in total. The molecule has 2 aromatic rings. The van der Waals surface area contributed by atoms with Gasteiger partial charge in [0.2, 0.25) is 0 Å². The maximum atomic E-state index is 13.6. The van der Waals surface area contributed by atoms with Gasteiger partial charge in [0.1, 0.15) is 11.6 Å². The van der Waals surface area contributed by atoms with Crippen LogP contribution in [0.4, 0.5) is 14.5 Å². The zero-order chi connectivity index (χ0) is 16.4. The van der Waals surface area contributed by atoms with Crippen molar-refractivity contribution in [1.82, 2.24) is 0 Å². The molecule has 8 heteroatoms. The predicted molar refractivity (Wildman–Crippen MR) is 79.2 cm³/mol. The molecule has 0 bridgehead atoms. The summed E-state index contributed by atoms with van der Waals surface area (Å²) in [6.07, 6.45) is 0.684. The van der Waals surface area contributed by atoms with Crippen molar-refractivity contribution >= 4 is 15.7 Å². The Kier molecular flexibility index (Phi) is 4.08. The van der Waals surface area contributed by atoms with Gasteiger partial charge in [-0.2, -0.15) is 0 Å². The lowest BCUT2D eigenvalue weighted by Gasteiger charge is -2.12. The van der Waals surface area contributed by atoms with E-state index in [1.54, 1.807) is 0 Å². The Balaban J connectivity index is 1.93. The highest BCUT2D eigenvalue weighted by Crippen LogP contribution is 2.32. The first-order chi connectivity index (χ1) is 11.0. The zero-order valence-electron chi connectivity index (χ0n) is 11.9. The van der Waals surface area contributed by atoms with E-state index in [0.29, 0.717) is 31.1 Å². The topological polar surface area (TPSA) is 64.6 Å². The Labute approximate surface area is 131 Å². The quantitative estimate of drug-likeness (QED) is 0.932. The van der Waals surface area contributed by atoms with Gasteiger partial charge in [0.25, 0.3) is 10.0 Å². The van der Waals surface area contributed by atoms with Crippen LogP contribution in [0.5, 0.6) is 11.5 Å². The van der Waals surface area contributed by atoms with Crippen LogP contribution < -0.4 is 14.2 Å². The van der Waals surface area contributed by atoms with Gasteiger partial charge in [-0.3, -0.25) is 4.72 Å². The highest BCUT2D eigenvalue weighted by molar-refractivity contribution is 7.92. The number of fused-ring (bicyclic) bond motifs is 1. The summed E-state index contributed by atoms with van der Waals surface area (Å²) in [7, 11) is -4.09. The van der Waals surface area contributed by atoms with E-state index in [0.717, 1.165) is 18.2 Å². The van der Waals surface area contributed by atoms with E-state index >= 15 is 0 Å². The summed E-state index contributed by atoms with van der Waals surface area (Å²) in [6.45, 7) is 0.883. The first-order valence-electron chi connectivity index (χ1n) is 6.83. The summed E-state index contributed by atoms with van der Waals surface area (Å²) in [5.41, 5.74) is -0.461. The number of hydrogen-bond acceptors (Lipinski definition) is 4. The average molecular weight is 341 g/mol. The molecule has 0 fully saturated rings. The molecule has 0 saturated heterocycles. The van der Waals surface area contributed by atoms with Crippen LogP contribution in [0.1, 0.15) is 6.42 Å². The van der Waals surface area contributed by atoms with Crippen molar-refractivity contribution in [3.63, 3.8) is 0 Å². The van der Waals surface area contributed by atoms with Gasteiger partial charge in [0.05, 0.1) is 23.8 Å². The van der Waals surface area contributed by atoms with E-state index in [9.17, 15) is 17.2 Å². The molecule has 1 aliphatic rings. The minimum atomic E-state index is -4.09. The number of halogens is 2. The monoisotopic (exact) mass is 341 g/mol. The molecule has 0 saturated carbocycles. The van der Waals surface area contributed by atoms with Crippen LogP contribution in [0.15, 0.2) is 41.3 Å². The van der Waals surface area contributed by atoms with Gasteiger partial charge in [-0.15, -0.1) is 0 Å². The molecular formula is C15H13F2NO4S. The smallest absolute Gasteiger partial charge is 0.262 e. The summed E-state index contributed by atoms with van der Waals surface area (Å²) in [4.78, 5) is -0.134. The largest absolute Gasteiger partial charge is 0.490 e. The molecular weight excluding hydrogens is 328 g/mol. The van der Waals surface area contributed by atoms with E-state index in [1.165, 1.54) is 18.2 Å². The molecule has 0 radical (unpaired) electrons. The first-order valence-corrected chi connectivity index (χ1v) is 8.31. The Morgan fingerprint density at radius 1 is 0.957 bits per heavy atom. The van der Waals surface area contributed by atoms with Gasteiger partial charge in [0.15, 0.2) is 11.5 Å². The lowest BCUT2D eigenvalue weighted by Crippen LogP contribution is -2.14. The lowest BCUT2D eigenvalue weighted by molar-refractivity contribution is 0.297. The van der Waals surface area contributed by atoms with Gasteiger partial charge < -0.3 is 9.47 Å². The number of benzene rings is 2. The number of hydrogen-bond donors (Lipinski definition) is 1. The first kappa shape index (κ1) is 15.5. The number of ether oxygens (including phenoxy) is 2. The van der Waals surface area contributed by atoms with E-state index in [-0.39, 0.29) is 4.90 Å². The highest BCUT2D eigenvalue weighted by atomic mass is 32.2. The molecule has 5 nitrogen and oxygen atoms in total. The van der Waals surface area contributed by atoms with Crippen LogP contribution >= 0.6 is 0 Å². The molecule has 0 aliphatic carbocycles. The third-order valence-corrected chi connectivity index (χ3v) is 4.57. The van der Waals surface area contributed by atoms with Crippen molar-refractivity contribution in [2.24, 2.45) is 0 Å². The number of anilines is 1. The molecule has 0 amide bonds. The van der Waals surface area contributed by atoms with Crippen molar-refractivity contribution in [2.45, 2.75) is 11.3 Å². The minimum Gasteiger partial charge on any atom is -0.490 e. The maximum Gasteiger partial charge on any atom is 0.262 e.